The van der Waals surface area contributed by atoms with Gasteiger partial charge in [-0.25, -0.2) is 9.59 Å². The number of carbonyl (C=O) groups excluding carboxylic acids is 1. The Balaban J connectivity index is 2.24. The van der Waals surface area contributed by atoms with Crippen molar-refractivity contribution >= 4 is 12.0 Å². The molecule has 16 heavy (non-hydrogen) atoms. The van der Waals surface area contributed by atoms with Crippen LogP contribution < -0.4 is 10.6 Å². The van der Waals surface area contributed by atoms with Gasteiger partial charge in [0.25, 0.3) is 0 Å². The van der Waals surface area contributed by atoms with Crippen LogP contribution in [-0.2, 0) is 4.79 Å². The Bertz CT molecular complexity index is 266. The molecule has 0 aromatic heterocycles. The van der Waals surface area contributed by atoms with Crippen molar-refractivity contribution in [3.05, 3.63) is 0 Å². The first-order valence-electron chi connectivity index (χ1n) is 5.43. The second-order valence-electron chi connectivity index (χ2n) is 4.27. The van der Waals surface area contributed by atoms with Crippen LogP contribution in [0.15, 0.2) is 0 Å². The minimum atomic E-state index is -1.24. The third-order valence-electron chi connectivity index (χ3n) is 2.55. The van der Waals surface area contributed by atoms with Gasteiger partial charge in [-0.2, -0.15) is 0 Å². The average molecular weight is 230 g/mol. The zero-order valence-electron chi connectivity index (χ0n) is 9.27. The molecule has 6 nitrogen and oxygen atoms in total. The molecule has 0 aromatic carbocycles. The van der Waals surface area contributed by atoms with Crippen LogP contribution in [-0.4, -0.2) is 40.9 Å². The second-order valence-corrected chi connectivity index (χ2v) is 4.27. The molecular formula is C10H18N2O4. The van der Waals surface area contributed by atoms with E-state index in [0.717, 1.165) is 6.42 Å². The van der Waals surface area contributed by atoms with E-state index in [2.05, 4.69) is 10.6 Å². The molecule has 6 heteroatoms. The van der Waals surface area contributed by atoms with Crippen LogP contribution in [0.2, 0.25) is 0 Å². The molecule has 2 atom stereocenters. The fourth-order valence-corrected chi connectivity index (χ4v) is 1.52. The lowest BCUT2D eigenvalue weighted by Crippen LogP contribution is -2.50. The number of carboxylic acids is 1. The fraction of sp³-hybridized carbons (Fsp3) is 0.800. The Kier molecular flexibility index (Phi) is 4.54. The van der Waals surface area contributed by atoms with Crippen LogP contribution in [0.3, 0.4) is 0 Å². The number of amides is 2. The molecule has 0 radical (unpaired) electrons. The number of aliphatic carboxylic acids is 1. The predicted molar refractivity (Wildman–Crippen MR) is 57.0 cm³/mol. The minimum Gasteiger partial charge on any atom is -0.480 e. The summed E-state index contributed by atoms with van der Waals surface area (Å²) in [6, 6.07) is -1.76. The highest BCUT2D eigenvalue weighted by Crippen LogP contribution is 2.33. The summed E-state index contributed by atoms with van der Waals surface area (Å²) in [6.45, 7) is 1.27. The number of nitrogens with one attached hydrogen (secondary N) is 2. The third kappa shape index (κ3) is 4.48. The maximum Gasteiger partial charge on any atom is 0.328 e. The summed E-state index contributed by atoms with van der Waals surface area (Å²) < 4.78 is 0. The van der Waals surface area contributed by atoms with Crippen molar-refractivity contribution in [3.8, 4) is 0 Å². The standard InChI is InChI=1S/C10H18N2O4/c1-6(4-7-2-3-7)11-10(16)12-8(5-13)9(14)15/h6-8,13H,2-5H2,1H3,(H,14,15)(H2,11,12,16)/t6?,8-/m0/s1. The lowest BCUT2D eigenvalue weighted by Gasteiger charge is -2.16. The number of carboxylic acid groups (broad SMARTS) is 1. The number of urea groups is 1. The van der Waals surface area contributed by atoms with Crippen LogP contribution in [0, 0.1) is 5.92 Å². The number of aliphatic hydroxyl groups excluding tert-OH is 1. The first-order valence-corrected chi connectivity index (χ1v) is 5.43. The summed E-state index contributed by atoms with van der Waals surface area (Å²) in [5.41, 5.74) is 0. The van der Waals surface area contributed by atoms with E-state index in [9.17, 15) is 9.59 Å². The molecule has 92 valence electrons. The largest absolute Gasteiger partial charge is 0.480 e. The zero-order chi connectivity index (χ0) is 12.1. The molecule has 2 amide bonds. The number of hydrogen-bond acceptors (Lipinski definition) is 3. The molecule has 0 saturated heterocycles. The molecular weight excluding hydrogens is 212 g/mol. The molecule has 4 N–H and O–H groups in total. The van der Waals surface area contributed by atoms with Gasteiger partial charge in [0.2, 0.25) is 0 Å². The molecule has 0 spiro atoms. The van der Waals surface area contributed by atoms with E-state index in [1.165, 1.54) is 12.8 Å². The van der Waals surface area contributed by atoms with Gasteiger partial charge in [-0.3, -0.25) is 0 Å². The van der Waals surface area contributed by atoms with E-state index in [1.54, 1.807) is 0 Å². The Morgan fingerprint density at radius 3 is 2.44 bits per heavy atom. The molecule has 0 bridgehead atoms. The molecule has 1 fully saturated rings. The van der Waals surface area contributed by atoms with Crippen molar-refractivity contribution in [1.29, 1.82) is 0 Å². The van der Waals surface area contributed by atoms with E-state index >= 15 is 0 Å². The van der Waals surface area contributed by atoms with Crippen LogP contribution in [0.4, 0.5) is 4.79 Å². The lowest BCUT2D eigenvalue weighted by atomic mass is 10.2. The lowest BCUT2D eigenvalue weighted by molar-refractivity contribution is -0.140. The highest BCUT2D eigenvalue weighted by molar-refractivity contribution is 5.82. The van der Waals surface area contributed by atoms with Gasteiger partial charge >= 0.3 is 12.0 Å². The first kappa shape index (κ1) is 12.8. The van der Waals surface area contributed by atoms with Crippen molar-refractivity contribution in [2.45, 2.75) is 38.3 Å². The van der Waals surface area contributed by atoms with Crippen LogP contribution in [0.5, 0.6) is 0 Å². The third-order valence-corrected chi connectivity index (χ3v) is 2.55. The molecule has 1 aliphatic rings. The Morgan fingerprint density at radius 2 is 2.00 bits per heavy atom. The molecule has 1 aliphatic carbocycles. The zero-order valence-corrected chi connectivity index (χ0v) is 9.27. The number of rotatable bonds is 6. The molecule has 1 rings (SSSR count). The van der Waals surface area contributed by atoms with Crippen molar-refractivity contribution in [2.75, 3.05) is 6.61 Å². The molecule has 1 saturated carbocycles. The van der Waals surface area contributed by atoms with Gasteiger partial charge in [0, 0.05) is 6.04 Å². The van der Waals surface area contributed by atoms with E-state index in [4.69, 9.17) is 10.2 Å². The minimum absolute atomic E-state index is 0.0284. The maximum absolute atomic E-state index is 11.3. The van der Waals surface area contributed by atoms with E-state index < -0.39 is 24.6 Å². The van der Waals surface area contributed by atoms with Crippen molar-refractivity contribution in [2.24, 2.45) is 5.92 Å². The van der Waals surface area contributed by atoms with Crippen molar-refractivity contribution in [3.63, 3.8) is 0 Å². The summed E-state index contributed by atoms with van der Waals surface area (Å²) in [4.78, 5) is 21.9. The highest BCUT2D eigenvalue weighted by Gasteiger charge is 2.25. The fourth-order valence-electron chi connectivity index (χ4n) is 1.52. The van der Waals surface area contributed by atoms with Gasteiger partial charge in [-0.15, -0.1) is 0 Å². The van der Waals surface area contributed by atoms with Crippen LogP contribution in [0.1, 0.15) is 26.2 Å². The van der Waals surface area contributed by atoms with Gasteiger partial charge in [0.1, 0.15) is 0 Å². The Morgan fingerprint density at radius 1 is 1.38 bits per heavy atom. The van der Waals surface area contributed by atoms with Crippen molar-refractivity contribution < 1.29 is 19.8 Å². The average Bonchev–Trinajstić information content (AvgIpc) is 2.97. The van der Waals surface area contributed by atoms with Gasteiger partial charge < -0.3 is 20.8 Å². The second kappa shape index (κ2) is 5.69. The van der Waals surface area contributed by atoms with Gasteiger partial charge in [-0.05, 0) is 19.3 Å². The number of hydrogen-bond donors (Lipinski definition) is 4. The Labute approximate surface area is 94.0 Å². The first-order chi connectivity index (χ1) is 7.52. The maximum atomic E-state index is 11.3. The molecule has 0 aliphatic heterocycles. The summed E-state index contributed by atoms with van der Waals surface area (Å²) in [7, 11) is 0. The predicted octanol–water partition coefficient (Wildman–Crippen LogP) is -0.0803. The van der Waals surface area contributed by atoms with E-state index in [1.807, 2.05) is 6.92 Å². The smallest absolute Gasteiger partial charge is 0.328 e. The van der Waals surface area contributed by atoms with Gasteiger partial charge in [0.05, 0.1) is 6.61 Å². The van der Waals surface area contributed by atoms with Crippen LogP contribution in [0.25, 0.3) is 0 Å². The number of aliphatic hydroxyl groups is 1. The van der Waals surface area contributed by atoms with Gasteiger partial charge in [0.15, 0.2) is 6.04 Å². The molecule has 0 heterocycles. The Hall–Kier alpha value is -1.30. The van der Waals surface area contributed by atoms with Crippen molar-refractivity contribution in [1.82, 2.24) is 10.6 Å². The van der Waals surface area contributed by atoms with Crippen LogP contribution >= 0.6 is 0 Å². The summed E-state index contributed by atoms with van der Waals surface area (Å²) in [5.74, 6) is -0.545. The summed E-state index contributed by atoms with van der Waals surface area (Å²) >= 11 is 0. The van der Waals surface area contributed by atoms with Gasteiger partial charge in [-0.1, -0.05) is 12.8 Å². The summed E-state index contributed by atoms with van der Waals surface area (Å²) in [5, 5.41) is 22.2. The van der Waals surface area contributed by atoms with E-state index in [-0.39, 0.29) is 6.04 Å². The summed E-state index contributed by atoms with van der Waals surface area (Å²) in [6.07, 6.45) is 3.34. The molecule has 1 unspecified atom stereocenters. The normalized spacial score (nSPS) is 18.6. The topological polar surface area (TPSA) is 98.7 Å². The monoisotopic (exact) mass is 230 g/mol. The quantitative estimate of drug-likeness (QED) is 0.513. The van der Waals surface area contributed by atoms with E-state index in [0.29, 0.717) is 5.92 Å². The molecule has 0 aromatic rings. The SMILES string of the molecule is CC(CC1CC1)NC(=O)N[C@@H](CO)C(=O)O. The highest BCUT2D eigenvalue weighted by atomic mass is 16.4. The number of carbonyl (C=O) groups is 2.